The van der Waals surface area contributed by atoms with Crippen LogP contribution < -0.4 is 5.32 Å². The summed E-state index contributed by atoms with van der Waals surface area (Å²) in [5, 5.41) is 2.71. The van der Waals surface area contributed by atoms with Crippen molar-refractivity contribution in [2.75, 3.05) is 20.1 Å². The minimum absolute atomic E-state index is 0.0615. The number of rotatable bonds is 2. The Labute approximate surface area is 135 Å². The Morgan fingerprint density at radius 2 is 2.00 bits per heavy atom. The van der Waals surface area contributed by atoms with E-state index in [1.165, 1.54) is 16.9 Å². The van der Waals surface area contributed by atoms with Crippen molar-refractivity contribution in [3.05, 3.63) is 21.4 Å². The number of fused-ring (bicyclic) bond motifs is 1. The summed E-state index contributed by atoms with van der Waals surface area (Å²) in [5.41, 5.74) is 1.38. The van der Waals surface area contributed by atoms with Gasteiger partial charge in [0.25, 0.3) is 5.91 Å². The second-order valence-corrected chi connectivity index (χ2v) is 7.72. The van der Waals surface area contributed by atoms with Crippen LogP contribution in [0, 0.1) is 11.8 Å². The Kier molecular flexibility index (Phi) is 4.52. The molecule has 0 radical (unpaired) electrons. The van der Waals surface area contributed by atoms with Gasteiger partial charge >= 0.3 is 0 Å². The third-order valence-corrected chi connectivity index (χ3v) is 6.16. The number of carbonyl (C=O) groups is 2. The van der Waals surface area contributed by atoms with E-state index in [1.807, 2.05) is 4.90 Å². The van der Waals surface area contributed by atoms with Gasteiger partial charge in [-0.25, -0.2) is 0 Å². The molecule has 2 heterocycles. The third-order valence-electron chi connectivity index (χ3n) is 4.94. The van der Waals surface area contributed by atoms with Crippen molar-refractivity contribution in [2.45, 2.75) is 39.0 Å². The molecule has 22 heavy (non-hydrogen) atoms. The van der Waals surface area contributed by atoms with E-state index in [-0.39, 0.29) is 17.7 Å². The molecule has 1 aromatic heterocycles. The molecule has 2 aliphatic rings. The molecule has 0 unspecified atom stereocenters. The van der Waals surface area contributed by atoms with E-state index in [1.54, 1.807) is 18.4 Å². The maximum atomic E-state index is 12.7. The zero-order chi connectivity index (χ0) is 15.7. The molecule has 0 bridgehead atoms. The Balaban J connectivity index is 1.64. The van der Waals surface area contributed by atoms with Crippen molar-refractivity contribution in [3.8, 4) is 0 Å². The number of nitrogens with one attached hydrogen (secondary N) is 1. The second-order valence-electron chi connectivity index (χ2n) is 6.59. The van der Waals surface area contributed by atoms with Crippen molar-refractivity contribution in [1.29, 1.82) is 0 Å². The van der Waals surface area contributed by atoms with E-state index in [0.29, 0.717) is 13.1 Å². The van der Waals surface area contributed by atoms with Gasteiger partial charge in [0.05, 0.1) is 4.88 Å². The summed E-state index contributed by atoms with van der Waals surface area (Å²) in [6.45, 7) is 3.66. The SMILES string of the molecule is CNC(=O)C1CCN(C(=O)c2cc3c(s2)CC[C@@H](C)C3)CC1. The van der Waals surface area contributed by atoms with Crippen LogP contribution in [0.5, 0.6) is 0 Å². The van der Waals surface area contributed by atoms with Crippen LogP contribution in [0.4, 0.5) is 0 Å². The number of hydrogen-bond donors (Lipinski definition) is 1. The number of piperidine rings is 1. The van der Waals surface area contributed by atoms with E-state index >= 15 is 0 Å². The molecule has 1 aliphatic heterocycles. The first kappa shape index (κ1) is 15.5. The molecule has 1 atom stereocenters. The van der Waals surface area contributed by atoms with Gasteiger partial charge in [-0.3, -0.25) is 9.59 Å². The molecule has 1 aliphatic carbocycles. The van der Waals surface area contributed by atoms with Gasteiger partial charge in [-0.15, -0.1) is 11.3 Å². The summed E-state index contributed by atoms with van der Waals surface area (Å²) in [5.74, 6) is 1.05. The smallest absolute Gasteiger partial charge is 0.263 e. The highest BCUT2D eigenvalue weighted by atomic mass is 32.1. The fraction of sp³-hybridized carbons (Fsp3) is 0.647. The molecule has 4 nitrogen and oxygen atoms in total. The first-order chi connectivity index (χ1) is 10.6. The molecule has 0 saturated carbocycles. The zero-order valence-corrected chi connectivity index (χ0v) is 14.2. The predicted molar refractivity (Wildman–Crippen MR) is 88.2 cm³/mol. The summed E-state index contributed by atoms with van der Waals surface area (Å²) in [7, 11) is 1.68. The van der Waals surface area contributed by atoms with E-state index in [4.69, 9.17) is 0 Å². The maximum Gasteiger partial charge on any atom is 0.263 e. The van der Waals surface area contributed by atoms with Crippen LogP contribution in [0.2, 0.25) is 0 Å². The van der Waals surface area contributed by atoms with Gasteiger partial charge in [0.15, 0.2) is 0 Å². The fourth-order valence-corrected chi connectivity index (χ4v) is 4.69. The van der Waals surface area contributed by atoms with Crippen LogP contribution >= 0.6 is 11.3 Å². The van der Waals surface area contributed by atoms with E-state index in [2.05, 4.69) is 18.3 Å². The van der Waals surface area contributed by atoms with Crippen molar-refractivity contribution in [2.24, 2.45) is 11.8 Å². The van der Waals surface area contributed by atoms with Crippen molar-refractivity contribution >= 4 is 23.2 Å². The average molecular weight is 320 g/mol. The predicted octanol–water partition coefficient (Wildman–Crippen LogP) is 2.47. The summed E-state index contributed by atoms with van der Waals surface area (Å²) in [6, 6.07) is 2.11. The van der Waals surface area contributed by atoms with Crippen molar-refractivity contribution in [1.82, 2.24) is 10.2 Å². The topological polar surface area (TPSA) is 49.4 Å². The lowest BCUT2D eigenvalue weighted by atomic mass is 9.90. The van der Waals surface area contributed by atoms with Gasteiger partial charge in [-0.05, 0) is 49.7 Å². The van der Waals surface area contributed by atoms with E-state index in [0.717, 1.165) is 36.5 Å². The first-order valence-corrected chi connectivity index (χ1v) is 9.02. The van der Waals surface area contributed by atoms with Gasteiger partial charge < -0.3 is 10.2 Å². The molecule has 0 spiro atoms. The lowest BCUT2D eigenvalue weighted by Crippen LogP contribution is -2.42. The molecule has 3 rings (SSSR count). The summed E-state index contributed by atoms with van der Waals surface area (Å²) >= 11 is 1.68. The molecule has 5 heteroatoms. The van der Waals surface area contributed by atoms with Crippen LogP contribution in [-0.2, 0) is 17.6 Å². The number of nitrogens with zero attached hydrogens (tertiary/aromatic N) is 1. The molecular weight excluding hydrogens is 296 g/mol. The number of amides is 2. The molecule has 1 saturated heterocycles. The monoisotopic (exact) mass is 320 g/mol. The molecular formula is C17H24N2O2S. The molecule has 120 valence electrons. The van der Waals surface area contributed by atoms with Crippen LogP contribution in [0.3, 0.4) is 0 Å². The van der Waals surface area contributed by atoms with Crippen molar-refractivity contribution in [3.63, 3.8) is 0 Å². The Morgan fingerprint density at radius 3 is 2.68 bits per heavy atom. The van der Waals surface area contributed by atoms with Gasteiger partial charge in [-0.1, -0.05) is 6.92 Å². The molecule has 1 fully saturated rings. The quantitative estimate of drug-likeness (QED) is 0.910. The summed E-state index contributed by atoms with van der Waals surface area (Å²) in [4.78, 5) is 28.6. The number of aryl methyl sites for hydroxylation is 1. The standard InChI is InChI=1S/C17H24N2O2S/c1-11-3-4-14-13(9-11)10-15(22-14)17(21)19-7-5-12(6-8-19)16(20)18-2/h10-12H,3-9H2,1-2H3,(H,18,20)/t11-/m1/s1. The van der Waals surface area contributed by atoms with Crippen LogP contribution in [0.15, 0.2) is 6.07 Å². The van der Waals surface area contributed by atoms with Gasteiger partial charge in [-0.2, -0.15) is 0 Å². The Hall–Kier alpha value is -1.36. The molecule has 0 aromatic carbocycles. The normalized spacial score (nSPS) is 22.3. The fourth-order valence-electron chi connectivity index (χ4n) is 3.52. The molecule has 1 aromatic rings. The second kappa shape index (κ2) is 6.41. The first-order valence-electron chi connectivity index (χ1n) is 8.21. The zero-order valence-electron chi connectivity index (χ0n) is 13.4. The van der Waals surface area contributed by atoms with E-state index in [9.17, 15) is 9.59 Å². The lowest BCUT2D eigenvalue weighted by molar-refractivity contribution is -0.125. The minimum atomic E-state index is 0.0615. The van der Waals surface area contributed by atoms with Crippen LogP contribution in [0.25, 0.3) is 0 Å². The van der Waals surface area contributed by atoms with Gasteiger partial charge in [0, 0.05) is 30.9 Å². The molecule has 2 amide bonds. The lowest BCUT2D eigenvalue weighted by Gasteiger charge is -2.30. The third kappa shape index (κ3) is 3.05. The maximum absolute atomic E-state index is 12.7. The summed E-state index contributed by atoms with van der Waals surface area (Å²) in [6.07, 6.45) is 5.00. The highest BCUT2D eigenvalue weighted by Crippen LogP contribution is 2.33. The highest BCUT2D eigenvalue weighted by molar-refractivity contribution is 7.14. The van der Waals surface area contributed by atoms with Gasteiger partial charge in [0.2, 0.25) is 5.91 Å². The largest absolute Gasteiger partial charge is 0.359 e. The number of hydrogen-bond acceptors (Lipinski definition) is 3. The van der Waals surface area contributed by atoms with Crippen LogP contribution in [-0.4, -0.2) is 36.9 Å². The molecule has 1 N–H and O–H groups in total. The average Bonchev–Trinajstić information content (AvgIpc) is 2.96. The van der Waals surface area contributed by atoms with Crippen molar-refractivity contribution < 1.29 is 9.59 Å². The number of carbonyl (C=O) groups excluding carboxylic acids is 2. The Bertz CT molecular complexity index is 573. The minimum Gasteiger partial charge on any atom is -0.359 e. The highest BCUT2D eigenvalue weighted by Gasteiger charge is 2.29. The number of likely N-dealkylation sites (tertiary alicyclic amines) is 1. The van der Waals surface area contributed by atoms with Gasteiger partial charge in [0.1, 0.15) is 0 Å². The summed E-state index contributed by atoms with van der Waals surface area (Å²) < 4.78 is 0. The number of thiophene rings is 1. The van der Waals surface area contributed by atoms with Crippen LogP contribution in [0.1, 0.15) is 46.3 Å². The van der Waals surface area contributed by atoms with E-state index < -0.39 is 0 Å². The Morgan fingerprint density at radius 1 is 1.27 bits per heavy atom.